The van der Waals surface area contributed by atoms with Crippen LogP contribution in [0.2, 0.25) is 0 Å². The van der Waals surface area contributed by atoms with Gasteiger partial charge in [-0.25, -0.2) is 0 Å². The molecule has 1 heterocycles. The van der Waals surface area contributed by atoms with Gasteiger partial charge < -0.3 is 5.32 Å². The second-order valence-corrected chi connectivity index (χ2v) is 6.16. The highest BCUT2D eigenvalue weighted by molar-refractivity contribution is 9.10. The SMILES string of the molecule is Cc1cc(C)c(NCc2cccc3cnccc23)c(Br)c1. The van der Waals surface area contributed by atoms with Gasteiger partial charge in [0.25, 0.3) is 0 Å². The Balaban J connectivity index is 1.91. The van der Waals surface area contributed by atoms with E-state index in [0.717, 1.165) is 16.7 Å². The number of nitrogens with one attached hydrogen (secondary N) is 1. The average molecular weight is 341 g/mol. The lowest BCUT2D eigenvalue weighted by Crippen LogP contribution is -2.03. The molecule has 3 heteroatoms. The van der Waals surface area contributed by atoms with Crippen LogP contribution >= 0.6 is 15.9 Å². The van der Waals surface area contributed by atoms with E-state index in [2.05, 4.69) is 76.5 Å². The molecule has 0 radical (unpaired) electrons. The van der Waals surface area contributed by atoms with Gasteiger partial charge in [0.15, 0.2) is 0 Å². The maximum atomic E-state index is 4.18. The number of nitrogens with zero attached hydrogens (tertiary/aromatic N) is 1. The minimum Gasteiger partial charge on any atom is -0.380 e. The highest BCUT2D eigenvalue weighted by Gasteiger charge is 2.06. The molecule has 0 saturated heterocycles. The van der Waals surface area contributed by atoms with Crippen LogP contribution in [0.1, 0.15) is 16.7 Å². The number of pyridine rings is 1. The van der Waals surface area contributed by atoms with Crippen molar-refractivity contribution in [2.24, 2.45) is 0 Å². The van der Waals surface area contributed by atoms with Gasteiger partial charge in [0, 0.05) is 28.8 Å². The molecule has 2 aromatic carbocycles. The molecular formula is C18H17BrN2. The number of benzene rings is 2. The molecule has 0 aliphatic rings. The van der Waals surface area contributed by atoms with E-state index >= 15 is 0 Å². The van der Waals surface area contributed by atoms with Crippen molar-refractivity contribution >= 4 is 32.4 Å². The van der Waals surface area contributed by atoms with Crippen molar-refractivity contribution in [2.75, 3.05) is 5.32 Å². The first-order valence-electron chi connectivity index (χ1n) is 6.97. The first-order valence-corrected chi connectivity index (χ1v) is 7.76. The number of aryl methyl sites for hydroxylation is 2. The Hall–Kier alpha value is -1.87. The Morgan fingerprint density at radius 2 is 2.00 bits per heavy atom. The Bertz CT molecular complexity index is 768. The molecule has 0 fully saturated rings. The average Bonchev–Trinajstić information content (AvgIpc) is 2.46. The van der Waals surface area contributed by atoms with Gasteiger partial charge in [-0.3, -0.25) is 4.98 Å². The summed E-state index contributed by atoms with van der Waals surface area (Å²) < 4.78 is 1.11. The Morgan fingerprint density at radius 1 is 1.14 bits per heavy atom. The van der Waals surface area contributed by atoms with Crippen molar-refractivity contribution < 1.29 is 0 Å². The van der Waals surface area contributed by atoms with Crippen molar-refractivity contribution in [1.82, 2.24) is 4.98 Å². The molecule has 1 aromatic heterocycles. The highest BCUT2D eigenvalue weighted by Crippen LogP contribution is 2.29. The quantitative estimate of drug-likeness (QED) is 0.706. The van der Waals surface area contributed by atoms with Crippen molar-refractivity contribution in [1.29, 1.82) is 0 Å². The summed E-state index contributed by atoms with van der Waals surface area (Å²) in [5.41, 5.74) is 4.96. The van der Waals surface area contributed by atoms with Crippen LogP contribution in [0.3, 0.4) is 0 Å². The van der Waals surface area contributed by atoms with E-state index in [1.807, 2.05) is 12.4 Å². The van der Waals surface area contributed by atoms with Crippen molar-refractivity contribution in [3.63, 3.8) is 0 Å². The van der Waals surface area contributed by atoms with E-state index in [0.29, 0.717) is 0 Å². The lowest BCUT2D eigenvalue weighted by atomic mass is 10.1. The Labute approximate surface area is 133 Å². The standard InChI is InChI=1S/C18H17BrN2/c1-12-8-13(2)18(17(19)9-12)21-11-15-5-3-4-14-10-20-7-6-16(14)15/h3-10,21H,11H2,1-2H3. The molecule has 2 nitrogen and oxygen atoms in total. The fraction of sp³-hybridized carbons (Fsp3) is 0.167. The fourth-order valence-corrected chi connectivity index (χ4v) is 3.48. The molecule has 0 saturated carbocycles. The minimum atomic E-state index is 0.795. The third kappa shape index (κ3) is 2.93. The number of rotatable bonds is 3. The lowest BCUT2D eigenvalue weighted by Gasteiger charge is -2.14. The minimum absolute atomic E-state index is 0.795. The molecule has 0 aliphatic carbocycles. The molecule has 106 valence electrons. The molecule has 0 unspecified atom stereocenters. The molecule has 0 amide bonds. The Kier molecular flexibility index (Phi) is 3.93. The van der Waals surface area contributed by atoms with Gasteiger partial charge in [-0.2, -0.15) is 0 Å². The van der Waals surface area contributed by atoms with Crippen LogP contribution in [0.5, 0.6) is 0 Å². The molecule has 21 heavy (non-hydrogen) atoms. The van der Waals surface area contributed by atoms with Crippen LogP contribution in [0.25, 0.3) is 10.8 Å². The predicted octanol–water partition coefficient (Wildman–Crippen LogP) is 5.23. The number of anilines is 1. The maximum Gasteiger partial charge on any atom is 0.0517 e. The molecule has 0 bridgehead atoms. The smallest absolute Gasteiger partial charge is 0.0517 e. The Morgan fingerprint density at radius 3 is 2.81 bits per heavy atom. The van der Waals surface area contributed by atoms with E-state index in [4.69, 9.17) is 0 Å². The van der Waals surface area contributed by atoms with Crippen LogP contribution in [-0.2, 0) is 6.54 Å². The van der Waals surface area contributed by atoms with E-state index < -0.39 is 0 Å². The van der Waals surface area contributed by atoms with Crippen molar-refractivity contribution in [2.45, 2.75) is 20.4 Å². The third-order valence-electron chi connectivity index (χ3n) is 3.66. The van der Waals surface area contributed by atoms with Gasteiger partial charge in [0.2, 0.25) is 0 Å². The fourth-order valence-electron chi connectivity index (χ4n) is 2.67. The molecule has 1 N–H and O–H groups in total. The summed E-state index contributed by atoms with van der Waals surface area (Å²) in [6, 6.07) is 12.7. The monoisotopic (exact) mass is 340 g/mol. The number of hydrogen-bond acceptors (Lipinski definition) is 2. The van der Waals surface area contributed by atoms with Gasteiger partial charge in [-0.15, -0.1) is 0 Å². The van der Waals surface area contributed by atoms with Crippen LogP contribution in [0.15, 0.2) is 53.3 Å². The molecule has 3 rings (SSSR count). The van der Waals surface area contributed by atoms with Gasteiger partial charge in [0.05, 0.1) is 5.69 Å². The van der Waals surface area contributed by atoms with Gasteiger partial charge in [0.1, 0.15) is 0 Å². The van der Waals surface area contributed by atoms with Crippen LogP contribution in [0, 0.1) is 13.8 Å². The number of aromatic nitrogens is 1. The van der Waals surface area contributed by atoms with Crippen LogP contribution in [-0.4, -0.2) is 4.98 Å². The number of halogens is 1. The predicted molar refractivity (Wildman–Crippen MR) is 92.7 cm³/mol. The topological polar surface area (TPSA) is 24.9 Å². The third-order valence-corrected chi connectivity index (χ3v) is 4.28. The first-order chi connectivity index (χ1) is 10.1. The van der Waals surface area contributed by atoms with E-state index in [9.17, 15) is 0 Å². The lowest BCUT2D eigenvalue weighted by molar-refractivity contribution is 1.15. The van der Waals surface area contributed by atoms with E-state index in [1.54, 1.807) is 0 Å². The normalized spacial score (nSPS) is 10.8. The molecule has 3 aromatic rings. The molecule has 0 atom stereocenters. The molecular weight excluding hydrogens is 324 g/mol. The summed E-state index contributed by atoms with van der Waals surface area (Å²) in [7, 11) is 0. The van der Waals surface area contributed by atoms with Gasteiger partial charge >= 0.3 is 0 Å². The number of hydrogen-bond donors (Lipinski definition) is 1. The van der Waals surface area contributed by atoms with Crippen LogP contribution in [0.4, 0.5) is 5.69 Å². The maximum absolute atomic E-state index is 4.18. The summed E-state index contributed by atoms with van der Waals surface area (Å²) in [5, 5.41) is 5.98. The second kappa shape index (κ2) is 5.86. The zero-order valence-corrected chi connectivity index (χ0v) is 13.7. The van der Waals surface area contributed by atoms with Gasteiger partial charge in [-0.1, -0.05) is 24.3 Å². The molecule has 0 spiro atoms. The summed E-state index contributed by atoms with van der Waals surface area (Å²) >= 11 is 3.65. The van der Waals surface area contributed by atoms with Gasteiger partial charge in [-0.05, 0) is 64.0 Å². The first kappa shape index (κ1) is 14.1. The van der Waals surface area contributed by atoms with E-state index in [1.165, 1.54) is 27.5 Å². The largest absolute Gasteiger partial charge is 0.380 e. The summed E-state index contributed by atoms with van der Waals surface area (Å²) in [6.07, 6.45) is 3.75. The number of fused-ring (bicyclic) bond motifs is 1. The summed E-state index contributed by atoms with van der Waals surface area (Å²) in [5.74, 6) is 0. The summed E-state index contributed by atoms with van der Waals surface area (Å²) in [6.45, 7) is 5.04. The zero-order chi connectivity index (χ0) is 14.8. The van der Waals surface area contributed by atoms with Crippen molar-refractivity contribution in [3.05, 3.63) is 70.0 Å². The summed E-state index contributed by atoms with van der Waals surface area (Å²) in [4.78, 5) is 4.18. The highest BCUT2D eigenvalue weighted by atomic mass is 79.9. The van der Waals surface area contributed by atoms with Crippen LogP contribution < -0.4 is 5.32 Å². The second-order valence-electron chi connectivity index (χ2n) is 5.31. The molecule has 0 aliphatic heterocycles. The van der Waals surface area contributed by atoms with Crippen molar-refractivity contribution in [3.8, 4) is 0 Å². The van der Waals surface area contributed by atoms with E-state index in [-0.39, 0.29) is 0 Å². The zero-order valence-electron chi connectivity index (χ0n) is 12.2.